The van der Waals surface area contributed by atoms with Crippen LogP contribution < -0.4 is 10.1 Å². The van der Waals surface area contributed by atoms with Crippen molar-refractivity contribution in [1.82, 2.24) is 10.3 Å². The first-order valence-electron chi connectivity index (χ1n) is 7.83. The first kappa shape index (κ1) is 16.5. The smallest absolute Gasteiger partial charge is 0.253 e. The highest BCUT2D eigenvalue weighted by Gasteiger charge is 2.12. The van der Waals surface area contributed by atoms with Crippen molar-refractivity contribution < 1.29 is 9.53 Å². The molecule has 0 aliphatic rings. The topological polar surface area (TPSA) is 75.0 Å². The summed E-state index contributed by atoms with van der Waals surface area (Å²) in [4.78, 5) is 17.0. The van der Waals surface area contributed by atoms with Crippen molar-refractivity contribution >= 4 is 16.8 Å². The molecule has 5 heteroatoms. The van der Waals surface area contributed by atoms with Crippen molar-refractivity contribution in [1.29, 1.82) is 5.26 Å². The molecule has 1 aromatic heterocycles. The van der Waals surface area contributed by atoms with Crippen molar-refractivity contribution in [3.05, 3.63) is 70.9 Å². The van der Waals surface area contributed by atoms with E-state index in [1.54, 1.807) is 19.2 Å². The fourth-order valence-corrected chi connectivity index (χ4v) is 2.57. The SMILES string of the molecule is COc1ccc2cc(C(=O)NCc3ccc(C#N)cc3)c(C)nc2c1. The lowest BCUT2D eigenvalue weighted by Gasteiger charge is -2.10. The lowest BCUT2D eigenvalue weighted by molar-refractivity contribution is 0.0950. The van der Waals surface area contributed by atoms with Crippen molar-refractivity contribution in [2.24, 2.45) is 0 Å². The average molecular weight is 331 g/mol. The van der Waals surface area contributed by atoms with E-state index in [-0.39, 0.29) is 5.91 Å². The van der Waals surface area contributed by atoms with Crippen LogP contribution in [-0.2, 0) is 6.54 Å². The minimum atomic E-state index is -0.174. The largest absolute Gasteiger partial charge is 0.497 e. The molecular weight excluding hydrogens is 314 g/mol. The van der Waals surface area contributed by atoms with Gasteiger partial charge in [0.05, 0.1) is 35.5 Å². The number of carbonyl (C=O) groups is 1. The van der Waals surface area contributed by atoms with Crippen molar-refractivity contribution in [2.45, 2.75) is 13.5 Å². The van der Waals surface area contributed by atoms with E-state index in [2.05, 4.69) is 16.4 Å². The Kier molecular flexibility index (Phi) is 4.62. The molecule has 3 aromatic rings. The number of benzene rings is 2. The van der Waals surface area contributed by atoms with Crippen LogP contribution in [0.2, 0.25) is 0 Å². The number of hydrogen-bond acceptors (Lipinski definition) is 4. The average Bonchev–Trinajstić information content (AvgIpc) is 2.65. The number of ether oxygens (including phenoxy) is 1. The summed E-state index contributed by atoms with van der Waals surface area (Å²) in [5, 5.41) is 12.6. The van der Waals surface area contributed by atoms with E-state index < -0.39 is 0 Å². The van der Waals surface area contributed by atoms with Crippen molar-refractivity contribution in [3.8, 4) is 11.8 Å². The number of nitrogens with zero attached hydrogens (tertiary/aromatic N) is 2. The fraction of sp³-hybridized carbons (Fsp3) is 0.150. The Morgan fingerprint density at radius 1 is 1.20 bits per heavy atom. The molecule has 1 heterocycles. The Hall–Kier alpha value is -3.39. The number of hydrogen-bond donors (Lipinski definition) is 1. The van der Waals surface area contributed by atoms with Crippen LogP contribution in [-0.4, -0.2) is 18.0 Å². The second-order valence-corrected chi connectivity index (χ2v) is 5.67. The molecule has 3 rings (SSSR count). The molecule has 0 fully saturated rings. The number of amides is 1. The third-order valence-corrected chi connectivity index (χ3v) is 4.00. The van der Waals surface area contributed by atoms with Gasteiger partial charge in [0.2, 0.25) is 0 Å². The lowest BCUT2D eigenvalue weighted by atomic mass is 10.1. The predicted molar refractivity (Wildman–Crippen MR) is 95.4 cm³/mol. The van der Waals surface area contributed by atoms with Gasteiger partial charge < -0.3 is 10.1 Å². The molecule has 0 spiro atoms. The molecule has 0 saturated carbocycles. The van der Waals surface area contributed by atoms with Gasteiger partial charge >= 0.3 is 0 Å². The van der Waals surface area contributed by atoms with E-state index in [0.29, 0.717) is 23.4 Å². The molecule has 0 aliphatic carbocycles. The zero-order valence-corrected chi connectivity index (χ0v) is 14.0. The number of nitrogens with one attached hydrogen (secondary N) is 1. The molecule has 25 heavy (non-hydrogen) atoms. The summed E-state index contributed by atoms with van der Waals surface area (Å²) in [6, 6.07) is 16.6. The van der Waals surface area contributed by atoms with E-state index in [4.69, 9.17) is 10.00 Å². The van der Waals surface area contributed by atoms with E-state index in [9.17, 15) is 4.79 Å². The van der Waals surface area contributed by atoms with E-state index >= 15 is 0 Å². The Bertz CT molecular complexity index is 973. The van der Waals surface area contributed by atoms with Gasteiger partial charge in [0.15, 0.2) is 0 Å². The van der Waals surface area contributed by atoms with Crippen LogP contribution >= 0.6 is 0 Å². The number of aryl methyl sites for hydroxylation is 1. The molecule has 0 aliphatic heterocycles. The van der Waals surface area contributed by atoms with Crippen LogP contribution in [0.4, 0.5) is 0 Å². The Morgan fingerprint density at radius 2 is 1.96 bits per heavy atom. The molecule has 0 radical (unpaired) electrons. The molecular formula is C20H17N3O2. The molecule has 0 bridgehead atoms. The standard InChI is InChI=1S/C20H17N3O2/c1-13-18(9-16-7-8-17(25-2)10-19(16)23-13)20(24)22-12-15-5-3-14(11-21)4-6-15/h3-10H,12H2,1-2H3,(H,22,24). The highest BCUT2D eigenvalue weighted by atomic mass is 16.5. The number of methoxy groups -OCH3 is 1. The van der Waals surface area contributed by atoms with Gasteiger partial charge in [0.1, 0.15) is 5.75 Å². The number of pyridine rings is 1. The molecule has 1 N–H and O–H groups in total. The predicted octanol–water partition coefficient (Wildman–Crippen LogP) is 3.35. The highest BCUT2D eigenvalue weighted by molar-refractivity contribution is 5.98. The number of aromatic nitrogens is 1. The Balaban J connectivity index is 1.79. The molecule has 0 atom stereocenters. The lowest BCUT2D eigenvalue weighted by Crippen LogP contribution is -2.24. The normalized spacial score (nSPS) is 10.3. The molecule has 5 nitrogen and oxygen atoms in total. The zero-order valence-electron chi connectivity index (χ0n) is 14.0. The third-order valence-electron chi connectivity index (χ3n) is 4.00. The summed E-state index contributed by atoms with van der Waals surface area (Å²) in [6.07, 6.45) is 0. The first-order chi connectivity index (χ1) is 12.1. The minimum absolute atomic E-state index is 0.174. The van der Waals surface area contributed by atoms with Crippen LogP contribution in [0.15, 0.2) is 48.5 Å². The first-order valence-corrected chi connectivity index (χ1v) is 7.83. The van der Waals surface area contributed by atoms with Crippen LogP contribution in [0.5, 0.6) is 5.75 Å². The summed E-state index contributed by atoms with van der Waals surface area (Å²) in [7, 11) is 1.61. The van der Waals surface area contributed by atoms with Crippen molar-refractivity contribution in [2.75, 3.05) is 7.11 Å². The number of rotatable bonds is 4. The Labute approximate surface area is 145 Å². The van der Waals surface area contributed by atoms with E-state index in [1.807, 2.05) is 43.3 Å². The maximum Gasteiger partial charge on any atom is 0.253 e. The summed E-state index contributed by atoms with van der Waals surface area (Å²) in [5.74, 6) is 0.560. The highest BCUT2D eigenvalue weighted by Crippen LogP contribution is 2.21. The summed E-state index contributed by atoms with van der Waals surface area (Å²) in [5.41, 5.74) is 3.54. The number of fused-ring (bicyclic) bond motifs is 1. The third kappa shape index (κ3) is 3.59. The van der Waals surface area contributed by atoms with Gasteiger partial charge in [-0.3, -0.25) is 9.78 Å². The summed E-state index contributed by atoms with van der Waals surface area (Å²) >= 11 is 0. The monoisotopic (exact) mass is 331 g/mol. The van der Waals surface area contributed by atoms with Gasteiger partial charge in [-0.2, -0.15) is 5.26 Å². The quantitative estimate of drug-likeness (QED) is 0.795. The van der Waals surface area contributed by atoms with Crippen LogP contribution in [0.3, 0.4) is 0 Å². The molecule has 2 aromatic carbocycles. The molecule has 0 unspecified atom stereocenters. The van der Waals surface area contributed by atoms with Gasteiger partial charge in [-0.25, -0.2) is 0 Å². The molecule has 124 valence electrons. The van der Waals surface area contributed by atoms with Crippen LogP contribution in [0, 0.1) is 18.3 Å². The van der Waals surface area contributed by atoms with E-state index in [0.717, 1.165) is 22.2 Å². The van der Waals surface area contributed by atoms with Gasteiger partial charge in [0, 0.05) is 18.0 Å². The second-order valence-electron chi connectivity index (χ2n) is 5.67. The van der Waals surface area contributed by atoms with Gasteiger partial charge in [-0.15, -0.1) is 0 Å². The van der Waals surface area contributed by atoms with Gasteiger partial charge in [0.25, 0.3) is 5.91 Å². The fourth-order valence-electron chi connectivity index (χ4n) is 2.57. The Morgan fingerprint density at radius 3 is 2.64 bits per heavy atom. The van der Waals surface area contributed by atoms with Crippen molar-refractivity contribution in [3.63, 3.8) is 0 Å². The summed E-state index contributed by atoms with van der Waals surface area (Å²) in [6.45, 7) is 2.21. The second kappa shape index (κ2) is 7.02. The minimum Gasteiger partial charge on any atom is -0.497 e. The number of carbonyl (C=O) groups excluding carboxylic acids is 1. The zero-order chi connectivity index (χ0) is 17.8. The van der Waals surface area contributed by atoms with E-state index in [1.165, 1.54) is 0 Å². The van der Waals surface area contributed by atoms with Crippen LogP contribution in [0.1, 0.15) is 27.2 Å². The van der Waals surface area contributed by atoms with Gasteiger partial charge in [-0.05, 0) is 42.8 Å². The maximum absolute atomic E-state index is 12.5. The maximum atomic E-state index is 12.5. The number of nitriles is 1. The molecule has 1 amide bonds. The summed E-state index contributed by atoms with van der Waals surface area (Å²) < 4.78 is 5.20. The van der Waals surface area contributed by atoms with Gasteiger partial charge in [-0.1, -0.05) is 12.1 Å². The molecule has 0 saturated heterocycles. The van der Waals surface area contributed by atoms with Crippen LogP contribution in [0.25, 0.3) is 10.9 Å².